The van der Waals surface area contributed by atoms with Gasteiger partial charge < -0.3 is 14.3 Å². The van der Waals surface area contributed by atoms with Crippen molar-refractivity contribution >= 4 is 16.9 Å². The summed E-state index contributed by atoms with van der Waals surface area (Å²) in [5.41, 5.74) is 0.966. The van der Waals surface area contributed by atoms with E-state index in [4.69, 9.17) is 9.15 Å². The van der Waals surface area contributed by atoms with Gasteiger partial charge in [-0.2, -0.15) is 0 Å². The zero-order valence-electron chi connectivity index (χ0n) is 18.0. The van der Waals surface area contributed by atoms with Crippen molar-refractivity contribution in [3.8, 4) is 22.8 Å². The third-order valence-electron chi connectivity index (χ3n) is 4.96. The molecule has 0 spiro atoms. The standard InChI is InChI=1S/C25H28O5/c1-5-6-7-8-16-9-11-17(12-10-16)21-15-19(26)18-13-14-20(22(27)23(18)29-21)30-24(28)25(2,3)4/h9-15,27H,5-8H2,1-4H3. The highest BCUT2D eigenvalue weighted by atomic mass is 16.5. The number of ether oxygens (including phenoxy) is 1. The van der Waals surface area contributed by atoms with Gasteiger partial charge in [0.1, 0.15) is 5.76 Å². The van der Waals surface area contributed by atoms with Gasteiger partial charge in [-0.15, -0.1) is 0 Å². The second kappa shape index (κ2) is 8.74. The van der Waals surface area contributed by atoms with Crippen LogP contribution in [0.2, 0.25) is 0 Å². The molecule has 158 valence electrons. The summed E-state index contributed by atoms with van der Waals surface area (Å²) >= 11 is 0. The Balaban J connectivity index is 1.96. The maximum absolute atomic E-state index is 12.6. The van der Waals surface area contributed by atoms with Crippen molar-refractivity contribution in [2.45, 2.75) is 53.4 Å². The van der Waals surface area contributed by atoms with Crippen LogP contribution in [0.3, 0.4) is 0 Å². The molecule has 0 bridgehead atoms. The number of carbonyl (C=O) groups is 1. The minimum Gasteiger partial charge on any atom is -0.502 e. The number of unbranched alkanes of at least 4 members (excludes halogenated alkanes) is 2. The van der Waals surface area contributed by atoms with E-state index in [9.17, 15) is 14.7 Å². The lowest BCUT2D eigenvalue weighted by Crippen LogP contribution is -2.25. The van der Waals surface area contributed by atoms with E-state index in [1.807, 2.05) is 24.3 Å². The topological polar surface area (TPSA) is 76.7 Å². The molecule has 0 saturated heterocycles. The Morgan fingerprint density at radius 1 is 1.07 bits per heavy atom. The van der Waals surface area contributed by atoms with Gasteiger partial charge >= 0.3 is 5.97 Å². The Hall–Kier alpha value is -3.08. The van der Waals surface area contributed by atoms with Gasteiger partial charge in [0.25, 0.3) is 0 Å². The van der Waals surface area contributed by atoms with Gasteiger partial charge in [-0.25, -0.2) is 0 Å². The molecule has 3 rings (SSSR count). The van der Waals surface area contributed by atoms with Crippen LogP contribution in [-0.4, -0.2) is 11.1 Å². The largest absolute Gasteiger partial charge is 0.502 e. The molecule has 5 heteroatoms. The van der Waals surface area contributed by atoms with Gasteiger partial charge in [0.15, 0.2) is 16.8 Å². The molecule has 1 N–H and O–H groups in total. The van der Waals surface area contributed by atoms with Gasteiger partial charge in [-0.3, -0.25) is 9.59 Å². The lowest BCUT2D eigenvalue weighted by molar-refractivity contribution is -0.143. The number of fused-ring (bicyclic) bond motifs is 1. The molecule has 2 aromatic carbocycles. The van der Waals surface area contributed by atoms with E-state index >= 15 is 0 Å². The molecule has 0 aliphatic rings. The summed E-state index contributed by atoms with van der Waals surface area (Å²) in [6.45, 7) is 7.34. The van der Waals surface area contributed by atoms with Crippen molar-refractivity contribution in [2.24, 2.45) is 5.41 Å². The second-order valence-corrected chi connectivity index (χ2v) is 8.56. The molecule has 0 unspecified atom stereocenters. The molecule has 0 radical (unpaired) electrons. The van der Waals surface area contributed by atoms with E-state index in [0.29, 0.717) is 5.76 Å². The van der Waals surface area contributed by atoms with Crippen LogP contribution in [-0.2, 0) is 11.2 Å². The lowest BCUT2D eigenvalue weighted by atomic mass is 9.97. The van der Waals surface area contributed by atoms with Crippen LogP contribution in [0, 0.1) is 5.41 Å². The van der Waals surface area contributed by atoms with Crippen molar-refractivity contribution in [3.05, 3.63) is 58.3 Å². The Kier molecular flexibility index (Phi) is 6.30. The van der Waals surface area contributed by atoms with Crippen molar-refractivity contribution in [2.75, 3.05) is 0 Å². The van der Waals surface area contributed by atoms with Crippen LogP contribution in [0.5, 0.6) is 11.5 Å². The van der Waals surface area contributed by atoms with E-state index in [1.165, 1.54) is 36.6 Å². The number of hydrogen-bond acceptors (Lipinski definition) is 5. The number of esters is 1. The van der Waals surface area contributed by atoms with E-state index in [-0.39, 0.29) is 27.9 Å². The quantitative estimate of drug-likeness (QED) is 0.314. The monoisotopic (exact) mass is 408 g/mol. The molecule has 30 heavy (non-hydrogen) atoms. The molecular weight excluding hydrogens is 380 g/mol. The number of phenols is 1. The Morgan fingerprint density at radius 3 is 2.40 bits per heavy atom. The highest BCUT2D eigenvalue weighted by Crippen LogP contribution is 2.36. The third-order valence-corrected chi connectivity index (χ3v) is 4.96. The average Bonchev–Trinajstić information content (AvgIpc) is 2.70. The number of carbonyl (C=O) groups excluding carboxylic acids is 1. The minimum absolute atomic E-state index is 0.00346. The zero-order valence-corrected chi connectivity index (χ0v) is 18.0. The van der Waals surface area contributed by atoms with Crippen molar-refractivity contribution in [1.29, 1.82) is 0 Å². The number of benzene rings is 2. The molecule has 0 amide bonds. The molecule has 0 atom stereocenters. The first-order valence-corrected chi connectivity index (χ1v) is 10.3. The fraction of sp³-hybridized carbons (Fsp3) is 0.360. The summed E-state index contributed by atoms with van der Waals surface area (Å²) in [4.78, 5) is 24.8. The van der Waals surface area contributed by atoms with Crippen LogP contribution < -0.4 is 10.2 Å². The van der Waals surface area contributed by atoms with Gasteiger partial charge in [0.2, 0.25) is 5.75 Å². The first-order valence-electron chi connectivity index (χ1n) is 10.3. The van der Waals surface area contributed by atoms with Gasteiger partial charge in [-0.05, 0) is 51.3 Å². The number of aryl methyl sites for hydroxylation is 1. The van der Waals surface area contributed by atoms with Gasteiger partial charge in [-0.1, -0.05) is 44.0 Å². The van der Waals surface area contributed by atoms with Gasteiger partial charge in [0, 0.05) is 11.6 Å². The van der Waals surface area contributed by atoms with Gasteiger partial charge in [0.05, 0.1) is 10.8 Å². The average molecular weight is 408 g/mol. The Morgan fingerprint density at radius 2 is 1.77 bits per heavy atom. The van der Waals surface area contributed by atoms with E-state index in [2.05, 4.69) is 6.92 Å². The third kappa shape index (κ3) is 4.73. The van der Waals surface area contributed by atoms with Crippen molar-refractivity contribution < 1.29 is 19.1 Å². The first kappa shape index (κ1) is 21.6. The molecule has 5 nitrogen and oxygen atoms in total. The number of hydrogen-bond donors (Lipinski definition) is 1. The predicted octanol–water partition coefficient (Wildman–Crippen LogP) is 5.85. The van der Waals surface area contributed by atoms with Crippen LogP contribution in [0.1, 0.15) is 52.5 Å². The number of rotatable bonds is 6. The predicted molar refractivity (Wildman–Crippen MR) is 118 cm³/mol. The van der Waals surface area contributed by atoms with Crippen molar-refractivity contribution in [1.82, 2.24) is 0 Å². The minimum atomic E-state index is -0.733. The fourth-order valence-electron chi connectivity index (χ4n) is 3.08. The summed E-state index contributed by atoms with van der Waals surface area (Å²) in [6, 6.07) is 12.2. The molecule has 0 aliphatic carbocycles. The Bertz CT molecular complexity index is 1100. The fourth-order valence-corrected chi connectivity index (χ4v) is 3.08. The first-order chi connectivity index (χ1) is 14.2. The maximum atomic E-state index is 12.6. The van der Waals surface area contributed by atoms with Crippen LogP contribution in [0.15, 0.2) is 51.7 Å². The molecular formula is C25H28O5. The van der Waals surface area contributed by atoms with E-state index < -0.39 is 11.4 Å². The van der Waals surface area contributed by atoms with Crippen LogP contribution in [0.4, 0.5) is 0 Å². The van der Waals surface area contributed by atoms with E-state index in [1.54, 1.807) is 20.8 Å². The molecule has 0 aliphatic heterocycles. The molecule has 1 aromatic heterocycles. The zero-order chi connectivity index (χ0) is 21.9. The smallest absolute Gasteiger partial charge is 0.316 e. The summed E-state index contributed by atoms with van der Waals surface area (Å²) < 4.78 is 11.2. The maximum Gasteiger partial charge on any atom is 0.316 e. The lowest BCUT2D eigenvalue weighted by Gasteiger charge is -2.17. The van der Waals surface area contributed by atoms with Crippen molar-refractivity contribution in [3.63, 3.8) is 0 Å². The summed E-state index contributed by atoms with van der Waals surface area (Å²) in [6.07, 6.45) is 4.53. The van der Waals surface area contributed by atoms with E-state index in [0.717, 1.165) is 18.4 Å². The second-order valence-electron chi connectivity index (χ2n) is 8.56. The van der Waals surface area contributed by atoms with Crippen LogP contribution in [0.25, 0.3) is 22.3 Å². The SMILES string of the molecule is CCCCCc1ccc(-c2cc(=O)c3ccc(OC(=O)C(C)(C)C)c(O)c3o2)cc1. The molecule has 1 heterocycles. The summed E-state index contributed by atoms with van der Waals surface area (Å²) in [5.74, 6) is -0.536. The highest BCUT2D eigenvalue weighted by molar-refractivity contribution is 5.88. The molecule has 0 fully saturated rings. The normalized spacial score (nSPS) is 11.6. The van der Waals surface area contributed by atoms with Crippen LogP contribution >= 0.6 is 0 Å². The number of aromatic hydroxyl groups is 1. The number of phenolic OH excluding ortho intramolecular Hbond substituents is 1. The highest BCUT2D eigenvalue weighted by Gasteiger charge is 2.25. The summed E-state index contributed by atoms with van der Waals surface area (Å²) in [5, 5.41) is 10.8. The molecule has 0 saturated carbocycles. The summed E-state index contributed by atoms with van der Waals surface area (Å²) in [7, 11) is 0. The Labute approximate surface area is 176 Å². The molecule has 3 aromatic rings.